The molecule has 0 unspecified atom stereocenters. The average Bonchev–Trinajstić information content (AvgIpc) is 2.91. The second-order valence-electron chi connectivity index (χ2n) is 7.04. The molecule has 2 aromatic heterocycles. The number of primary amides is 1. The first kappa shape index (κ1) is 20.3. The Kier molecular flexibility index (Phi) is 4.82. The number of quaternary nitrogens is 1. The van der Waals surface area contributed by atoms with Crippen molar-refractivity contribution in [1.82, 2.24) is 23.8 Å². The van der Waals surface area contributed by atoms with E-state index in [0.29, 0.717) is 11.1 Å². The van der Waals surface area contributed by atoms with E-state index in [1.807, 2.05) is 0 Å². The molecule has 0 spiro atoms. The molecule has 12 heteroatoms. The zero-order chi connectivity index (χ0) is 21.6. The first-order valence-corrected chi connectivity index (χ1v) is 8.31. The summed E-state index contributed by atoms with van der Waals surface area (Å²) in [6.07, 6.45) is -3.06. The Morgan fingerprint density at radius 3 is 2.34 bits per heavy atom. The average molecular weight is 411 g/mol. The van der Waals surface area contributed by atoms with Crippen LogP contribution >= 0.6 is 0 Å². The minimum absolute atomic E-state index is 0.0254. The van der Waals surface area contributed by atoms with E-state index in [2.05, 4.69) is 14.7 Å². The summed E-state index contributed by atoms with van der Waals surface area (Å²) in [5.74, 6) is 0.186. The van der Waals surface area contributed by atoms with Crippen LogP contribution in [0.1, 0.15) is 0 Å². The molecule has 0 radical (unpaired) electrons. The van der Waals surface area contributed by atoms with Crippen LogP contribution in [0.25, 0.3) is 22.6 Å². The van der Waals surface area contributed by atoms with Gasteiger partial charge in [-0.05, 0) is 24.3 Å². The number of fused-ring (bicyclic) bond motifs is 1. The van der Waals surface area contributed by atoms with Gasteiger partial charge in [-0.3, -0.25) is 0 Å². The number of nitrogens with zero attached hydrogens (tertiary/aromatic N) is 5. The summed E-state index contributed by atoms with van der Waals surface area (Å²) in [7, 11) is 5.17. The zero-order valence-corrected chi connectivity index (χ0v) is 15.8. The smallest absolute Gasteiger partial charge is 0.422 e. The second-order valence-corrected chi connectivity index (χ2v) is 7.04. The van der Waals surface area contributed by atoms with Gasteiger partial charge in [-0.25, -0.2) is 24.1 Å². The number of ether oxygens (including phenoxy) is 1. The molecule has 3 rings (SSSR count). The van der Waals surface area contributed by atoms with E-state index in [4.69, 9.17) is 5.73 Å². The van der Waals surface area contributed by atoms with Gasteiger partial charge in [-0.15, -0.1) is 4.68 Å². The first-order valence-electron chi connectivity index (χ1n) is 8.31. The van der Waals surface area contributed by atoms with Crippen molar-refractivity contribution in [3.8, 4) is 17.1 Å². The predicted molar refractivity (Wildman–Crippen MR) is 99.1 cm³/mol. The molecule has 0 aliphatic heterocycles. The van der Waals surface area contributed by atoms with E-state index in [1.165, 1.54) is 35.1 Å². The van der Waals surface area contributed by atoms with Crippen LogP contribution in [-0.2, 0) is 0 Å². The number of benzene rings is 1. The SMILES string of the molecule is C[N+](C)(C)n1c(=O)n(C(N)=O)c2nc(-c3ccc(OCC(F)(F)F)cc3)ncc21. The van der Waals surface area contributed by atoms with Crippen molar-refractivity contribution in [2.24, 2.45) is 5.73 Å². The topological polar surface area (TPSA) is 105 Å². The van der Waals surface area contributed by atoms with Crippen molar-refractivity contribution in [3.63, 3.8) is 0 Å². The Balaban J connectivity index is 2.05. The van der Waals surface area contributed by atoms with Gasteiger partial charge in [-0.1, -0.05) is 0 Å². The number of rotatable bonds is 4. The van der Waals surface area contributed by atoms with Gasteiger partial charge in [0.25, 0.3) is 0 Å². The molecule has 3 aromatic rings. The lowest BCUT2D eigenvalue weighted by Gasteiger charge is -2.23. The normalized spacial score (nSPS) is 12.3. The highest BCUT2D eigenvalue weighted by Crippen LogP contribution is 2.23. The number of carbonyl (C=O) groups is 1. The number of carbonyl (C=O) groups excluding carboxylic acids is 1. The number of imidazole rings is 1. The van der Waals surface area contributed by atoms with E-state index in [-0.39, 0.29) is 21.8 Å². The number of aromatic nitrogens is 4. The summed E-state index contributed by atoms with van der Waals surface area (Å²) >= 11 is 0. The molecule has 0 aliphatic carbocycles. The molecule has 2 N–H and O–H groups in total. The third-order valence-corrected chi connectivity index (χ3v) is 3.90. The molecule has 1 amide bonds. The summed E-state index contributed by atoms with van der Waals surface area (Å²) in [5.41, 5.74) is 5.46. The number of amides is 1. The maximum absolute atomic E-state index is 12.7. The van der Waals surface area contributed by atoms with Gasteiger partial charge in [0.05, 0.1) is 27.3 Å². The second kappa shape index (κ2) is 6.88. The molecule has 0 aliphatic rings. The third-order valence-electron chi connectivity index (χ3n) is 3.90. The molecule has 29 heavy (non-hydrogen) atoms. The summed E-state index contributed by atoms with van der Waals surface area (Å²) in [6.45, 7) is -1.40. The molecular formula is C17H18F3N6O3+. The van der Waals surface area contributed by atoms with Crippen molar-refractivity contribution in [2.45, 2.75) is 6.18 Å². The Morgan fingerprint density at radius 1 is 1.21 bits per heavy atom. The molecule has 1 aromatic carbocycles. The number of alkyl halides is 3. The molecule has 0 atom stereocenters. The van der Waals surface area contributed by atoms with Crippen molar-refractivity contribution in [2.75, 3.05) is 27.7 Å². The van der Waals surface area contributed by atoms with Gasteiger partial charge in [0.1, 0.15) is 5.75 Å². The summed E-state index contributed by atoms with van der Waals surface area (Å²) in [6, 6.07) is 4.63. The molecule has 2 heterocycles. The van der Waals surface area contributed by atoms with Crippen LogP contribution in [0.15, 0.2) is 35.3 Å². The van der Waals surface area contributed by atoms with Crippen LogP contribution in [0, 0.1) is 0 Å². The first-order chi connectivity index (χ1) is 13.4. The summed E-state index contributed by atoms with van der Waals surface area (Å²) in [4.78, 5) is 33.0. The molecule has 0 saturated heterocycles. The van der Waals surface area contributed by atoms with E-state index < -0.39 is 24.5 Å². The monoisotopic (exact) mass is 411 g/mol. The van der Waals surface area contributed by atoms with Crippen LogP contribution in [0.5, 0.6) is 5.75 Å². The number of nitrogens with two attached hydrogens (primary N) is 1. The van der Waals surface area contributed by atoms with Crippen LogP contribution < -0.4 is 20.8 Å². The largest absolute Gasteiger partial charge is 0.484 e. The van der Waals surface area contributed by atoms with E-state index >= 15 is 0 Å². The summed E-state index contributed by atoms with van der Waals surface area (Å²) < 4.78 is 43.5. The molecule has 0 bridgehead atoms. The van der Waals surface area contributed by atoms with Crippen molar-refractivity contribution in [3.05, 3.63) is 40.9 Å². The Morgan fingerprint density at radius 2 is 1.83 bits per heavy atom. The van der Waals surface area contributed by atoms with Crippen molar-refractivity contribution in [1.29, 1.82) is 0 Å². The highest BCUT2D eigenvalue weighted by molar-refractivity contribution is 5.86. The van der Waals surface area contributed by atoms with Gasteiger partial charge in [0.2, 0.25) is 0 Å². The molecule has 0 saturated carbocycles. The Bertz CT molecular complexity index is 1130. The van der Waals surface area contributed by atoms with Crippen molar-refractivity contribution < 1.29 is 22.7 Å². The van der Waals surface area contributed by atoms with Gasteiger partial charge in [-0.2, -0.15) is 17.7 Å². The highest BCUT2D eigenvalue weighted by Gasteiger charge is 2.29. The number of hydrogen-bond donors (Lipinski definition) is 1. The fourth-order valence-corrected chi connectivity index (χ4v) is 2.75. The van der Waals surface area contributed by atoms with E-state index in [0.717, 1.165) is 4.57 Å². The lowest BCUT2D eigenvalue weighted by molar-refractivity contribution is -0.153. The molecular weight excluding hydrogens is 393 g/mol. The quantitative estimate of drug-likeness (QED) is 0.655. The summed E-state index contributed by atoms with van der Waals surface area (Å²) in [5, 5.41) is 0. The molecule has 0 fully saturated rings. The zero-order valence-electron chi connectivity index (χ0n) is 15.8. The molecule has 9 nitrogen and oxygen atoms in total. The van der Waals surface area contributed by atoms with Crippen molar-refractivity contribution >= 4 is 17.2 Å². The number of halogens is 3. The number of hydrogen-bond acceptors (Lipinski definition) is 5. The third kappa shape index (κ3) is 4.06. The fourth-order valence-electron chi connectivity index (χ4n) is 2.75. The van der Waals surface area contributed by atoms with E-state index in [1.54, 1.807) is 21.1 Å². The van der Waals surface area contributed by atoms with Gasteiger partial charge >= 0.3 is 17.9 Å². The minimum Gasteiger partial charge on any atom is -0.484 e. The van der Waals surface area contributed by atoms with Crippen LogP contribution in [0.2, 0.25) is 0 Å². The standard InChI is InChI=1S/C17H17F3N6O3/c1-26(2,3)25-12-8-22-13(23-14(12)24(15(21)27)16(25)28)10-4-6-11(7-5-10)29-9-17(18,19)20/h4-8H,9H2,1-3H3,(H-,21,27)/p+1. The maximum atomic E-state index is 12.7. The fraction of sp³-hybridized carbons (Fsp3) is 0.294. The van der Waals surface area contributed by atoms with Gasteiger partial charge < -0.3 is 10.5 Å². The molecule has 154 valence electrons. The lowest BCUT2D eigenvalue weighted by Crippen LogP contribution is -2.53. The van der Waals surface area contributed by atoms with Crippen LogP contribution in [0.3, 0.4) is 0 Å². The van der Waals surface area contributed by atoms with Crippen LogP contribution in [0.4, 0.5) is 18.0 Å². The Hall–Kier alpha value is -3.41. The highest BCUT2D eigenvalue weighted by atomic mass is 19.4. The van der Waals surface area contributed by atoms with E-state index in [9.17, 15) is 22.8 Å². The maximum Gasteiger partial charge on any atom is 0.422 e. The van der Waals surface area contributed by atoms with Crippen LogP contribution in [-0.4, -0.2) is 59.2 Å². The predicted octanol–water partition coefficient (Wildman–Crippen LogP) is 1.46. The lowest BCUT2D eigenvalue weighted by atomic mass is 10.2. The van der Waals surface area contributed by atoms with Gasteiger partial charge in [0, 0.05) is 5.56 Å². The minimum atomic E-state index is -4.44. The van der Waals surface area contributed by atoms with Gasteiger partial charge in [0.15, 0.2) is 23.6 Å². The Labute approximate surface area is 162 Å².